The highest BCUT2D eigenvalue weighted by atomic mass is 35.5. The number of ether oxygens (including phenoxy) is 1. The molecule has 1 N–H and O–H groups in total. The van der Waals surface area contributed by atoms with Crippen LogP contribution in [0.3, 0.4) is 0 Å². The first-order chi connectivity index (χ1) is 9.51. The lowest BCUT2D eigenvalue weighted by Gasteiger charge is -2.11. The second-order valence-corrected chi connectivity index (χ2v) is 5.70. The van der Waals surface area contributed by atoms with E-state index < -0.39 is 0 Å². The summed E-state index contributed by atoms with van der Waals surface area (Å²) in [5, 5.41) is 5.14. The number of benzene rings is 2. The van der Waals surface area contributed by atoms with Crippen molar-refractivity contribution in [3.63, 3.8) is 0 Å². The molecule has 2 aromatic carbocycles. The zero-order valence-corrected chi connectivity index (χ0v) is 13.5. The Labute approximate surface area is 137 Å². The molecule has 0 radical (unpaired) electrons. The molecule has 6 heteroatoms. The van der Waals surface area contributed by atoms with Gasteiger partial charge in [-0.05, 0) is 29.8 Å². The molecule has 0 atom stereocenters. The highest BCUT2D eigenvalue weighted by Gasteiger charge is 2.07. The molecule has 0 saturated carbocycles. The summed E-state index contributed by atoms with van der Waals surface area (Å²) in [5.74, 6) is 0.642. The van der Waals surface area contributed by atoms with Gasteiger partial charge in [0.15, 0.2) is 0 Å². The fraction of sp³-hybridized carbons (Fsp3) is 0.143. The quantitative estimate of drug-likeness (QED) is 0.691. The molecule has 0 amide bonds. The molecule has 0 fully saturated rings. The smallest absolute Gasteiger partial charge is 0.137 e. The van der Waals surface area contributed by atoms with E-state index in [-0.39, 0.29) is 0 Å². The lowest BCUT2D eigenvalue weighted by Crippen LogP contribution is -2.00. The Bertz CT molecular complexity index is 631. The summed E-state index contributed by atoms with van der Waals surface area (Å²) in [5.41, 5.74) is 1.71. The maximum Gasteiger partial charge on any atom is 0.137 e. The minimum atomic E-state index is 0.426. The Morgan fingerprint density at radius 2 is 1.60 bits per heavy atom. The van der Waals surface area contributed by atoms with Crippen LogP contribution in [0.2, 0.25) is 20.1 Å². The minimum absolute atomic E-state index is 0.426. The van der Waals surface area contributed by atoms with Gasteiger partial charge in [0.05, 0.1) is 32.9 Å². The van der Waals surface area contributed by atoms with E-state index in [1.54, 1.807) is 19.2 Å². The van der Waals surface area contributed by atoms with Gasteiger partial charge in [0.1, 0.15) is 5.75 Å². The van der Waals surface area contributed by atoms with Crippen molar-refractivity contribution in [1.82, 2.24) is 0 Å². The molecule has 2 rings (SSSR count). The molecule has 0 aliphatic carbocycles. The van der Waals surface area contributed by atoms with E-state index in [0.717, 1.165) is 5.56 Å². The Hall–Kier alpha value is -0.800. The average molecular weight is 351 g/mol. The third kappa shape index (κ3) is 3.64. The number of hydrogen-bond donors (Lipinski definition) is 1. The number of hydrogen-bond acceptors (Lipinski definition) is 2. The predicted octanol–water partition coefficient (Wildman–Crippen LogP) is 5.92. The van der Waals surface area contributed by atoms with Crippen LogP contribution < -0.4 is 10.1 Å². The minimum Gasteiger partial charge on any atom is -0.495 e. The Balaban J connectivity index is 2.13. The summed E-state index contributed by atoms with van der Waals surface area (Å²) in [7, 11) is 1.58. The van der Waals surface area contributed by atoms with Crippen molar-refractivity contribution < 1.29 is 4.74 Å². The standard InChI is InChI=1S/C14H11Cl4NO/c1-20-14-3-2-8(4-12(14)18)7-19-13-6-10(16)9(15)5-11(13)17/h2-6,19H,7H2,1H3. The van der Waals surface area contributed by atoms with Gasteiger partial charge in [0.25, 0.3) is 0 Å². The maximum absolute atomic E-state index is 6.10. The van der Waals surface area contributed by atoms with E-state index in [0.29, 0.717) is 38.1 Å². The van der Waals surface area contributed by atoms with Crippen molar-refractivity contribution in [3.05, 3.63) is 56.0 Å². The fourth-order valence-corrected chi connectivity index (χ4v) is 2.57. The van der Waals surface area contributed by atoms with Gasteiger partial charge in [0, 0.05) is 6.54 Å². The van der Waals surface area contributed by atoms with Crippen molar-refractivity contribution in [1.29, 1.82) is 0 Å². The molecular weight excluding hydrogens is 340 g/mol. The molecule has 0 spiro atoms. The number of anilines is 1. The summed E-state index contributed by atoms with van der Waals surface area (Å²) < 4.78 is 5.11. The van der Waals surface area contributed by atoms with Gasteiger partial charge in [-0.25, -0.2) is 0 Å². The summed E-state index contributed by atoms with van der Waals surface area (Å²) in [6, 6.07) is 8.86. The van der Waals surface area contributed by atoms with Gasteiger partial charge in [-0.15, -0.1) is 0 Å². The molecule has 0 heterocycles. The van der Waals surface area contributed by atoms with Gasteiger partial charge in [-0.2, -0.15) is 0 Å². The zero-order valence-electron chi connectivity index (χ0n) is 10.5. The number of nitrogens with one attached hydrogen (secondary N) is 1. The summed E-state index contributed by atoms with van der Waals surface area (Å²) >= 11 is 24.0. The van der Waals surface area contributed by atoms with Crippen LogP contribution in [-0.4, -0.2) is 7.11 Å². The Morgan fingerprint density at radius 3 is 2.25 bits per heavy atom. The Kier molecular flexibility index (Phi) is 5.28. The van der Waals surface area contributed by atoms with Crippen molar-refractivity contribution in [2.75, 3.05) is 12.4 Å². The second kappa shape index (κ2) is 6.77. The first kappa shape index (κ1) is 15.6. The van der Waals surface area contributed by atoms with E-state index in [4.69, 9.17) is 51.1 Å². The first-order valence-corrected chi connectivity index (χ1v) is 7.23. The largest absolute Gasteiger partial charge is 0.495 e. The first-order valence-electron chi connectivity index (χ1n) is 5.72. The monoisotopic (exact) mass is 349 g/mol. The fourth-order valence-electron chi connectivity index (χ4n) is 1.68. The summed E-state index contributed by atoms with van der Waals surface area (Å²) in [4.78, 5) is 0. The normalized spacial score (nSPS) is 10.4. The lowest BCUT2D eigenvalue weighted by molar-refractivity contribution is 0.415. The molecule has 2 nitrogen and oxygen atoms in total. The van der Waals surface area contributed by atoms with Gasteiger partial charge >= 0.3 is 0 Å². The SMILES string of the molecule is COc1ccc(CNc2cc(Cl)c(Cl)cc2Cl)cc1Cl. The molecule has 0 aliphatic rings. The molecule has 0 unspecified atom stereocenters. The number of rotatable bonds is 4. The third-order valence-electron chi connectivity index (χ3n) is 2.71. The van der Waals surface area contributed by atoms with E-state index in [9.17, 15) is 0 Å². The highest BCUT2D eigenvalue weighted by molar-refractivity contribution is 6.44. The van der Waals surface area contributed by atoms with Crippen LogP contribution >= 0.6 is 46.4 Å². The van der Waals surface area contributed by atoms with E-state index in [2.05, 4.69) is 5.32 Å². The van der Waals surface area contributed by atoms with Gasteiger partial charge in [0.2, 0.25) is 0 Å². The average Bonchev–Trinajstić information content (AvgIpc) is 2.41. The predicted molar refractivity (Wildman–Crippen MR) is 86.8 cm³/mol. The van der Waals surface area contributed by atoms with Crippen LogP contribution in [0, 0.1) is 0 Å². The van der Waals surface area contributed by atoms with Crippen molar-refractivity contribution in [3.8, 4) is 5.75 Å². The Morgan fingerprint density at radius 1 is 0.900 bits per heavy atom. The molecular formula is C14H11Cl4NO. The maximum atomic E-state index is 6.10. The topological polar surface area (TPSA) is 21.3 Å². The van der Waals surface area contributed by atoms with Crippen molar-refractivity contribution in [2.24, 2.45) is 0 Å². The van der Waals surface area contributed by atoms with Gasteiger partial charge in [-0.3, -0.25) is 0 Å². The van der Waals surface area contributed by atoms with Gasteiger partial charge in [-0.1, -0.05) is 52.5 Å². The lowest BCUT2D eigenvalue weighted by atomic mass is 10.2. The van der Waals surface area contributed by atoms with E-state index in [1.165, 1.54) is 0 Å². The summed E-state index contributed by atoms with van der Waals surface area (Å²) in [6.07, 6.45) is 0. The van der Waals surface area contributed by atoms with Crippen molar-refractivity contribution in [2.45, 2.75) is 6.54 Å². The molecule has 0 saturated heterocycles. The molecule has 0 aliphatic heterocycles. The van der Waals surface area contributed by atoms with Crippen LogP contribution in [0.5, 0.6) is 5.75 Å². The molecule has 0 aromatic heterocycles. The van der Waals surface area contributed by atoms with Crippen LogP contribution in [0.1, 0.15) is 5.56 Å². The number of halogens is 4. The van der Waals surface area contributed by atoms with Crippen LogP contribution in [-0.2, 0) is 6.54 Å². The zero-order chi connectivity index (χ0) is 14.7. The molecule has 2 aromatic rings. The third-order valence-corrected chi connectivity index (χ3v) is 4.04. The summed E-state index contributed by atoms with van der Waals surface area (Å²) in [6.45, 7) is 0.557. The molecule has 20 heavy (non-hydrogen) atoms. The number of methoxy groups -OCH3 is 1. The molecule has 106 valence electrons. The van der Waals surface area contributed by atoms with Gasteiger partial charge < -0.3 is 10.1 Å². The van der Waals surface area contributed by atoms with Crippen LogP contribution in [0.15, 0.2) is 30.3 Å². The van der Waals surface area contributed by atoms with E-state index in [1.807, 2.05) is 18.2 Å². The second-order valence-electron chi connectivity index (χ2n) is 4.07. The van der Waals surface area contributed by atoms with Crippen molar-refractivity contribution >= 4 is 52.1 Å². The van der Waals surface area contributed by atoms with Crippen LogP contribution in [0.4, 0.5) is 5.69 Å². The van der Waals surface area contributed by atoms with E-state index >= 15 is 0 Å². The molecule has 0 bridgehead atoms. The van der Waals surface area contributed by atoms with Crippen LogP contribution in [0.25, 0.3) is 0 Å². The highest BCUT2D eigenvalue weighted by Crippen LogP contribution is 2.32.